The third-order valence-corrected chi connectivity index (χ3v) is 4.67. The minimum absolute atomic E-state index is 0.0700. The average molecular weight is 365 g/mol. The van der Waals surface area contributed by atoms with E-state index in [1.165, 1.54) is 0 Å². The molecule has 27 heavy (non-hydrogen) atoms. The van der Waals surface area contributed by atoms with Gasteiger partial charge in [-0.3, -0.25) is 20.0 Å². The van der Waals surface area contributed by atoms with Crippen LogP contribution in [0.3, 0.4) is 0 Å². The Morgan fingerprint density at radius 1 is 1.26 bits per heavy atom. The molecule has 0 spiro atoms. The van der Waals surface area contributed by atoms with Crippen LogP contribution in [0.2, 0.25) is 0 Å². The zero-order valence-electron chi connectivity index (χ0n) is 15.1. The van der Waals surface area contributed by atoms with Gasteiger partial charge >= 0.3 is 0 Å². The zero-order chi connectivity index (χ0) is 18.5. The van der Waals surface area contributed by atoms with Crippen LogP contribution in [0.1, 0.15) is 18.5 Å². The third-order valence-electron chi connectivity index (χ3n) is 4.67. The van der Waals surface area contributed by atoms with Gasteiger partial charge in [0, 0.05) is 12.7 Å². The number of pyridine rings is 1. The highest BCUT2D eigenvalue weighted by Gasteiger charge is 2.22. The van der Waals surface area contributed by atoms with Crippen molar-refractivity contribution < 1.29 is 9.53 Å². The molecule has 1 aliphatic rings. The van der Waals surface area contributed by atoms with E-state index in [-0.39, 0.29) is 12.0 Å². The summed E-state index contributed by atoms with van der Waals surface area (Å²) in [4.78, 5) is 26.3. The van der Waals surface area contributed by atoms with Crippen molar-refractivity contribution in [3.05, 3.63) is 54.4 Å². The number of rotatable bonds is 6. The number of nitrogens with zero attached hydrogens (tertiary/aromatic N) is 3. The van der Waals surface area contributed by atoms with Crippen LogP contribution in [0.25, 0.3) is 11.0 Å². The number of amides is 1. The summed E-state index contributed by atoms with van der Waals surface area (Å²) in [5.74, 6) is 0.417. The molecule has 0 aliphatic carbocycles. The molecule has 140 valence electrons. The summed E-state index contributed by atoms with van der Waals surface area (Å²) in [6.45, 7) is 2.49. The number of anilines is 1. The van der Waals surface area contributed by atoms with Gasteiger partial charge in [0.1, 0.15) is 0 Å². The van der Waals surface area contributed by atoms with Crippen LogP contribution in [-0.4, -0.2) is 51.5 Å². The first-order valence-corrected chi connectivity index (χ1v) is 9.25. The van der Waals surface area contributed by atoms with E-state index in [2.05, 4.69) is 25.2 Å². The van der Waals surface area contributed by atoms with Gasteiger partial charge in [0.15, 0.2) is 0 Å². The predicted molar refractivity (Wildman–Crippen MR) is 103 cm³/mol. The number of likely N-dealkylation sites (tertiary alicyclic amines) is 1. The van der Waals surface area contributed by atoms with Crippen molar-refractivity contribution in [3.8, 4) is 0 Å². The molecule has 1 unspecified atom stereocenters. The Hall–Kier alpha value is -2.77. The molecule has 0 radical (unpaired) electrons. The first-order chi connectivity index (χ1) is 13.3. The Kier molecular flexibility index (Phi) is 5.41. The van der Waals surface area contributed by atoms with Crippen molar-refractivity contribution in [1.29, 1.82) is 0 Å². The van der Waals surface area contributed by atoms with E-state index in [9.17, 15) is 4.79 Å². The van der Waals surface area contributed by atoms with Crippen LogP contribution in [0.5, 0.6) is 0 Å². The van der Waals surface area contributed by atoms with E-state index in [4.69, 9.17) is 4.74 Å². The van der Waals surface area contributed by atoms with Crippen LogP contribution >= 0.6 is 0 Å². The summed E-state index contributed by atoms with van der Waals surface area (Å²) in [6.07, 6.45) is 3.92. The minimum atomic E-state index is -0.0700. The van der Waals surface area contributed by atoms with E-state index in [0.29, 0.717) is 19.1 Å². The minimum Gasteiger partial charge on any atom is -0.371 e. The molecular formula is C20H23N5O2. The van der Waals surface area contributed by atoms with Crippen molar-refractivity contribution in [1.82, 2.24) is 19.9 Å². The predicted octanol–water partition coefficient (Wildman–Crippen LogP) is 2.58. The molecule has 1 saturated heterocycles. The molecule has 1 atom stereocenters. The molecule has 3 aromatic rings. The van der Waals surface area contributed by atoms with E-state index in [0.717, 1.165) is 42.7 Å². The Bertz CT molecular complexity index is 863. The maximum atomic E-state index is 12.4. The fourth-order valence-corrected chi connectivity index (χ4v) is 3.37. The van der Waals surface area contributed by atoms with Crippen molar-refractivity contribution in [2.45, 2.75) is 25.6 Å². The number of carbonyl (C=O) groups excluding carboxylic acids is 1. The molecule has 4 rings (SSSR count). The van der Waals surface area contributed by atoms with Crippen molar-refractivity contribution in [2.75, 3.05) is 25.0 Å². The molecule has 1 fully saturated rings. The van der Waals surface area contributed by atoms with E-state index < -0.39 is 0 Å². The number of carbonyl (C=O) groups is 1. The normalized spacial score (nSPS) is 17.9. The van der Waals surface area contributed by atoms with Gasteiger partial charge in [-0.1, -0.05) is 18.2 Å². The van der Waals surface area contributed by atoms with Gasteiger partial charge in [-0.2, -0.15) is 0 Å². The number of benzene rings is 1. The average Bonchev–Trinajstić information content (AvgIpc) is 3.09. The molecule has 0 bridgehead atoms. The Morgan fingerprint density at radius 2 is 2.15 bits per heavy atom. The number of piperidine rings is 1. The summed E-state index contributed by atoms with van der Waals surface area (Å²) < 4.78 is 5.98. The van der Waals surface area contributed by atoms with Gasteiger partial charge in [-0.25, -0.2) is 4.98 Å². The first-order valence-electron chi connectivity index (χ1n) is 9.25. The fourth-order valence-electron chi connectivity index (χ4n) is 3.37. The van der Waals surface area contributed by atoms with E-state index in [1.807, 2.05) is 42.5 Å². The summed E-state index contributed by atoms with van der Waals surface area (Å²) in [5.41, 5.74) is 2.68. The summed E-state index contributed by atoms with van der Waals surface area (Å²) in [7, 11) is 0. The Labute approximate surface area is 157 Å². The number of aromatic nitrogens is 3. The zero-order valence-corrected chi connectivity index (χ0v) is 15.1. The number of hydrogen-bond acceptors (Lipinski definition) is 5. The highest BCUT2D eigenvalue weighted by Crippen LogP contribution is 2.16. The van der Waals surface area contributed by atoms with Gasteiger partial charge in [0.25, 0.3) is 0 Å². The van der Waals surface area contributed by atoms with E-state index >= 15 is 0 Å². The lowest BCUT2D eigenvalue weighted by atomic mass is 10.1. The number of ether oxygens (including phenoxy) is 1. The van der Waals surface area contributed by atoms with Gasteiger partial charge < -0.3 is 9.72 Å². The molecular weight excluding hydrogens is 342 g/mol. The highest BCUT2D eigenvalue weighted by molar-refractivity contribution is 5.92. The number of hydrogen-bond donors (Lipinski definition) is 2. The van der Waals surface area contributed by atoms with Crippen molar-refractivity contribution in [2.24, 2.45) is 0 Å². The SMILES string of the molecule is O=C(CN1CCCC(OCc2ccccn2)C1)Nc1nc2ccccc2[nH]1. The van der Waals surface area contributed by atoms with Gasteiger partial charge in [-0.05, 0) is 43.7 Å². The van der Waals surface area contributed by atoms with Crippen LogP contribution in [0.4, 0.5) is 5.95 Å². The molecule has 0 saturated carbocycles. The maximum Gasteiger partial charge on any atom is 0.240 e. The second kappa shape index (κ2) is 8.28. The Morgan fingerprint density at radius 3 is 3.00 bits per heavy atom. The second-order valence-corrected chi connectivity index (χ2v) is 6.78. The quantitative estimate of drug-likeness (QED) is 0.701. The molecule has 2 N–H and O–H groups in total. The van der Waals surface area contributed by atoms with Crippen LogP contribution in [-0.2, 0) is 16.1 Å². The molecule has 1 aromatic carbocycles. The third kappa shape index (κ3) is 4.69. The maximum absolute atomic E-state index is 12.4. The fraction of sp³-hybridized carbons (Fsp3) is 0.350. The number of H-pyrrole nitrogens is 1. The van der Waals surface area contributed by atoms with Gasteiger partial charge in [-0.15, -0.1) is 0 Å². The number of fused-ring (bicyclic) bond motifs is 1. The smallest absolute Gasteiger partial charge is 0.240 e. The monoisotopic (exact) mass is 365 g/mol. The first kappa shape index (κ1) is 17.6. The van der Waals surface area contributed by atoms with Crippen LogP contribution in [0.15, 0.2) is 48.7 Å². The summed E-state index contributed by atoms with van der Waals surface area (Å²) in [5, 5.41) is 2.85. The lowest BCUT2D eigenvalue weighted by Crippen LogP contribution is -2.43. The van der Waals surface area contributed by atoms with Gasteiger partial charge in [0.2, 0.25) is 11.9 Å². The van der Waals surface area contributed by atoms with Crippen LogP contribution < -0.4 is 5.32 Å². The molecule has 7 heteroatoms. The standard InChI is InChI=1S/C20H23N5O2/c26-19(24-20-22-17-8-1-2-9-18(17)23-20)13-25-11-5-7-16(12-25)27-14-15-6-3-4-10-21-15/h1-4,6,8-10,16H,5,7,11-14H2,(H2,22,23,24,26). The van der Waals surface area contributed by atoms with Crippen molar-refractivity contribution >= 4 is 22.9 Å². The number of imidazole rings is 1. The molecule has 2 aromatic heterocycles. The highest BCUT2D eigenvalue weighted by atomic mass is 16.5. The van der Waals surface area contributed by atoms with Crippen LogP contribution in [0, 0.1) is 0 Å². The lowest BCUT2D eigenvalue weighted by molar-refractivity contribution is -0.118. The molecule has 1 amide bonds. The van der Waals surface area contributed by atoms with Crippen molar-refractivity contribution in [3.63, 3.8) is 0 Å². The molecule has 3 heterocycles. The largest absolute Gasteiger partial charge is 0.371 e. The lowest BCUT2D eigenvalue weighted by Gasteiger charge is -2.31. The summed E-state index contributed by atoms with van der Waals surface area (Å²) >= 11 is 0. The Balaban J connectivity index is 1.27. The number of aromatic amines is 1. The number of nitrogens with one attached hydrogen (secondary N) is 2. The van der Waals surface area contributed by atoms with Gasteiger partial charge in [0.05, 0.1) is 36.0 Å². The van der Waals surface area contributed by atoms with E-state index in [1.54, 1.807) is 6.20 Å². The second-order valence-electron chi connectivity index (χ2n) is 6.78. The summed E-state index contributed by atoms with van der Waals surface area (Å²) in [6, 6.07) is 13.5. The topological polar surface area (TPSA) is 83.1 Å². The molecule has 7 nitrogen and oxygen atoms in total. The molecule has 1 aliphatic heterocycles. The number of para-hydroxylation sites is 2.